The molecule has 1 aliphatic heterocycles. The van der Waals surface area contributed by atoms with E-state index in [9.17, 15) is 13.6 Å². The van der Waals surface area contributed by atoms with Crippen molar-refractivity contribution in [2.45, 2.75) is 6.54 Å². The number of piperazine rings is 1. The second-order valence-corrected chi connectivity index (χ2v) is 6.32. The summed E-state index contributed by atoms with van der Waals surface area (Å²) in [5.41, 5.74) is 0.716. The van der Waals surface area contributed by atoms with Crippen molar-refractivity contribution in [3.05, 3.63) is 59.2 Å². The van der Waals surface area contributed by atoms with Crippen molar-refractivity contribution in [1.82, 2.24) is 9.80 Å². The lowest BCUT2D eigenvalue weighted by atomic mass is 10.1. The molecule has 3 rings (SSSR count). The first-order valence-electron chi connectivity index (χ1n) is 8.70. The highest BCUT2D eigenvalue weighted by Crippen LogP contribution is 2.30. The molecule has 2 aromatic carbocycles. The standard InChI is InChI=1S/C20H22F2N2O3/c1-26-16-7-4-8-17(27-2)18(16)20(25)24-11-9-23(10-12-24)13-14-5-3-6-15(21)19(14)22/h3-8H,9-13H2,1-2H3. The number of amides is 1. The zero-order valence-electron chi connectivity index (χ0n) is 15.4. The van der Waals surface area contributed by atoms with Crippen LogP contribution < -0.4 is 9.47 Å². The number of carbonyl (C=O) groups is 1. The molecule has 5 nitrogen and oxygen atoms in total. The second-order valence-electron chi connectivity index (χ2n) is 6.32. The molecule has 0 aromatic heterocycles. The first kappa shape index (κ1) is 19.1. The summed E-state index contributed by atoms with van der Waals surface area (Å²) in [5.74, 6) is -0.896. The molecule has 2 aromatic rings. The third-order valence-electron chi connectivity index (χ3n) is 4.73. The molecule has 1 amide bonds. The lowest BCUT2D eigenvalue weighted by molar-refractivity contribution is 0.0620. The fourth-order valence-corrected chi connectivity index (χ4v) is 3.24. The van der Waals surface area contributed by atoms with Gasteiger partial charge in [-0.05, 0) is 18.2 Å². The molecule has 1 fully saturated rings. The lowest BCUT2D eigenvalue weighted by Gasteiger charge is -2.35. The highest BCUT2D eigenvalue weighted by Gasteiger charge is 2.27. The zero-order valence-corrected chi connectivity index (χ0v) is 15.4. The van der Waals surface area contributed by atoms with Gasteiger partial charge in [-0.1, -0.05) is 18.2 Å². The topological polar surface area (TPSA) is 42.0 Å². The smallest absolute Gasteiger partial charge is 0.261 e. The Hall–Kier alpha value is -2.67. The largest absolute Gasteiger partial charge is 0.496 e. The van der Waals surface area contributed by atoms with Crippen molar-refractivity contribution < 1.29 is 23.0 Å². The van der Waals surface area contributed by atoms with Crippen molar-refractivity contribution >= 4 is 5.91 Å². The fraction of sp³-hybridized carbons (Fsp3) is 0.350. The first-order valence-corrected chi connectivity index (χ1v) is 8.70. The van der Waals surface area contributed by atoms with Crippen molar-refractivity contribution in [2.24, 2.45) is 0 Å². The van der Waals surface area contributed by atoms with Gasteiger partial charge in [-0.25, -0.2) is 8.78 Å². The SMILES string of the molecule is COc1cccc(OC)c1C(=O)N1CCN(Cc2cccc(F)c2F)CC1. The van der Waals surface area contributed by atoms with Gasteiger partial charge >= 0.3 is 0 Å². The van der Waals surface area contributed by atoms with Crippen LogP contribution in [0.2, 0.25) is 0 Å². The van der Waals surface area contributed by atoms with Crippen LogP contribution in [0.1, 0.15) is 15.9 Å². The number of carbonyl (C=O) groups excluding carboxylic acids is 1. The molecule has 0 N–H and O–H groups in total. The van der Waals surface area contributed by atoms with E-state index in [-0.39, 0.29) is 5.91 Å². The van der Waals surface area contributed by atoms with Gasteiger partial charge in [0.05, 0.1) is 14.2 Å². The summed E-state index contributed by atoms with van der Waals surface area (Å²) in [7, 11) is 3.02. The minimum atomic E-state index is -0.843. The molecule has 27 heavy (non-hydrogen) atoms. The van der Waals surface area contributed by atoms with E-state index in [2.05, 4.69) is 0 Å². The third-order valence-corrected chi connectivity index (χ3v) is 4.73. The van der Waals surface area contributed by atoms with Crippen molar-refractivity contribution in [3.63, 3.8) is 0 Å². The van der Waals surface area contributed by atoms with Crippen LogP contribution in [-0.4, -0.2) is 56.1 Å². The molecular weight excluding hydrogens is 354 g/mol. The van der Waals surface area contributed by atoms with Crippen LogP contribution >= 0.6 is 0 Å². The normalized spacial score (nSPS) is 14.9. The number of nitrogens with zero attached hydrogens (tertiary/aromatic N) is 2. The number of hydrogen-bond donors (Lipinski definition) is 0. The molecular formula is C20H22F2N2O3. The highest BCUT2D eigenvalue weighted by molar-refractivity contribution is 5.99. The first-order chi connectivity index (χ1) is 13.0. The van der Waals surface area contributed by atoms with Crippen molar-refractivity contribution in [1.29, 1.82) is 0 Å². The Balaban J connectivity index is 1.67. The third kappa shape index (κ3) is 4.03. The molecule has 1 aliphatic rings. The summed E-state index contributed by atoms with van der Waals surface area (Å²) in [6.45, 7) is 2.41. The van der Waals surface area contributed by atoms with E-state index in [1.165, 1.54) is 20.3 Å². The Morgan fingerprint density at radius 1 is 0.963 bits per heavy atom. The van der Waals surface area contributed by atoms with Gasteiger partial charge in [0, 0.05) is 38.3 Å². The van der Waals surface area contributed by atoms with Crippen LogP contribution in [0, 0.1) is 11.6 Å². The van der Waals surface area contributed by atoms with E-state index in [4.69, 9.17) is 9.47 Å². The number of methoxy groups -OCH3 is 2. The average Bonchev–Trinajstić information content (AvgIpc) is 2.70. The van der Waals surface area contributed by atoms with Crippen LogP contribution in [0.3, 0.4) is 0 Å². The molecule has 0 aliphatic carbocycles. The van der Waals surface area contributed by atoms with Gasteiger partial charge in [-0.2, -0.15) is 0 Å². The molecule has 1 saturated heterocycles. The molecule has 0 radical (unpaired) electrons. The summed E-state index contributed by atoms with van der Waals surface area (Å²) in [6.07, 6.45) is 0. The Morgan fingerprint density at radius 2 is 1.56 bits per heavy atom. The van der Waals surface area contributed by atoms with E-state index in [0.29, 0.717) is 55.3 Å². The Labute approximate surface area is 157 Å². The summed E-state index contributed by atoms with van der Waals surface area (Å²) < 4.78 is 37.8. The van der Waals surface area contributed by atoms with Crippen LogP contribution in [0.4, 0.5) is 8.78 Å². The van der Waals surface area contributed by atoms with Crippen molar-refractivity contribution in [3.8, 4) is 11.5 Å². The van der Waals surface area contributed by atoms with Crippen molar-refractivity contribution in [2.75, 3.05) is 40.4 Å². The quantitative estimate of drug-likeness (QED) is 0.805. The molecule has 0 saturated carbocycles. The number of ether oxygens (including phenoxy) is 2. The predicted octanol–water partition coefficient (Wildman–Crippen LogP) is 2.94. The van der Waals surface area contributed by atoms with Gasteiger partial charge in [0.2, 0.25) is 0 Å². The number of benzene rings is 2. The molecule has 1 heterocycles. The zero-order chi connectivity index (χ0) is 19.4. The number of hydrogen-bond acceptors (Lipinski definition) is 4. The van der Waals surface area contributed by atoms with E-state index < -0.39 is 11.6 Å². The molecule has 0 spiro atoms. The predicted molar refractivity (Wildman–Crippen MR) is 97.1 cm³/mol. The van der Waals surface area contributed by atoms with Gasteiger partial charge in [-0.3, -0.25) is 9.69 Å². The average molecular weight is 376 g/mol. The number of halogens is 2. The monoisotopic (exact) mass is 376 g/mol. The second kappa shape index (κ2) is 8.35. The van der Waals surface area contributed by atoms with Crippen LogP contribution in [0.25, 0.3) is 0 Å². The van der Waals surface area contributed by atoms with Gasteiger partial charge in [0.25, 0.3) is 5.91 Å². The Kier molecular flexibility index (Phi) is 5.91. The van der Waals surface area contributed by atoms with E-state index in [1.54, 1.807) is 29.2 Å². The minimum absolute atomic E-state index is 0.166. The number of rotatable bonds is 5. The highest BCUT2D eigenvalue weighted by atomic mass is 19.2. The lowest BCUT2D eigenvalue weighted by Crippen LogP contribution is -2.48. The maximum atomic E-state index is 13.9. The van der Waals surface area contributed by atoms with Gasteiger partial charge < -0.3 is 14.4 Å². The van der Waals surface area contributed by atoms with Gasteiger partial charge in [-0.15, -0.1) is 0 Å². The summed E-state index contributed by atoms with van der Waals surface area (Å²) in [6, 6.07) is 9.39. The maximum absolute atomic E-state index is 13.9. The van der Waals surface area contributed by atoms with Crippen LogP contribution in [0.5, 0.6) is 11.5 Å². The molecule has 0 unspecified atom stereocenters. The molecule has 144 valence electrons. The van der Waals surface area contributed by atoms with Gasteiger partial charge in [0.15, 0.2) is 11.6 Å². The van der Waals surface area contributed by atoms with E-state index in [0.717, 1.165) is 6.07 Å². The van der Waals surface area contributed by atoms with Gasteiger partial charge in [0.1, 0.15) is 17.1 Å². The maximum Gasteiger partial charge on any atom is 0.261 e. The molecule has 0 atom stereocenters. The van der Waals surface area contributed by atoms with Crippen LogP contribution in [-0.2, 0) is 6.54 Å². The van der Waals surface area contributed by atoms with Crippen LogP contribution in [0.15, 0.2) is 36.4 Å². The molecule has 7 heteroatoms. The van der Waals surface area contributed by atoms with E-state index in [1.807, 2.05) is 4.90 Å². The summed E-state index contributed by atoms with van der Waals surface area (Å²) in [5, 5.41) is 0. The minimum Gasteiger partial charge on any atom is -0.496 e. The fourth-order valence-electron chi connectivity index (χ4n) is 3.24. The Morgan fingerprint density at radius 3 is 2.15 bits per heavy atom. The molecule has 0 bridgehead atoms. The summed E-state index contributed by atoms with van der Waals surface area (Å²) >= 11 is 0. The van der Waals surface area contributed by atoms with E-state index >= 15 is 0 Å². The Bertz CT molecular complexity index is 799. The summed E-state index contributed by atoms with van der Waals surface area (Å²) in [4.78, 5) is 16.7.